The summed E-state index contributed by atoms with van der Waals surface area (Å²) in [5.74, 6) is 2.68. The Balaban J connectivity index is 1.74. The van der Waals surface area contributed by atoms with Gasteiger partial charge < -0.3 is 25.2 Å². The van der Waals surface area contributed by atoms with Crippen molar-refractivity contribution in [2.45, 2.75) is 20.3 Å². The molecule has 1 aromatic heterocycles. The molecular weight excluding hydrogens is 332 g/mol. The van der Waals surface area contributed by atoms with E-state index in [1.165, 1.54) is 0 Å². The van der Waals surface area contributed by atoms with Crippen molar-refractivity contribution in [3.63, 3.8) is 0 Å². The van der Waals surface area contributed by atoms with Crippen LogP contribution >= 0.6 is 0 Å². The van der Waals surface area contributed by atoms with Crippen molar-refractivity contribution >= 4 is 22.7 Å². The maximum Gasteiger partial charge on any atom is 0.227 e. The monoisotopic (exact) mass is 358 g/mol. The van der Waals surface area contributed by atoms with Crippen molar-refractivity contribution < 1.29 is 14.6 Å². The molecule has 2 heterocycles. The molecule has 0 radical (unpaired) electrons. The molecule has 0 amide bonds. The van der Waals surface area contributed by atoms with Gasteiger partial charge in [0.15, 0.2) is 11.5 Å². The van der Waals surface area contributed by atoms with Gasteiger partial charge in [0, 0.05) is 30.0 Å². The molecule has 3 N–H and O–H groups in total. The molecule has 140 valence electrons. The summed E-state index contributed by atoms with van der Waals surface area (Å²) in [6.45, 7) is 6.33. The summed E-state index contributed by atoms with van der Waals surface area (Å²) in [5.41, 5.74) is 7.13. The van der Waals surface area contributed by atoms with Crippen molar-refractivity contribution in [1.82, 2.24) is 9.97 Å². The zero-order valence-corrected chi connectivity index (χ0v) is 15.7. The molecule has 1 aromatic carbocycles. The summed E-state index contributed by atoms with van der Waals surface area (Å²) >= 11 is 0. The summed E-state index contributed by atoms with van der Waals surface area (Å²) in [6, 6.07) is 3.63. The van der Waals surface area contributed by atoms with E-state index in [1.807, 2.05) is 6.07 Å². The van der Waals surface area contributed by atoms with Gasteiger partial charge in [-0.1, -0.05) is 13.8 Å². The third-order valence-electron chi connectivity index (χ3n) is 6.22. The first-order chi connectivity index (χ1) is 12.3. The van der Waals surface area contributed by atoms with Crippen LogP contribution < -0.4 is 20.1 Å². The Kier molecular flexibility index (Phi) is 3.70. The fraction of sp³-hybridized carbons (Fsp3) is 0.579. The Morgan fingerprint density at radius 3 is 2.50 bits per heavy atom. The lowest BCUT2D eigenvalue weighted by atomic mass is 9.48. The van der Waals surface area contributed by atoms with Crippen molar-refractivity contribution in [2.24, 2.45) is 16.7 Å². The van der Waals surface area contributed by atoms with Gasteiger partial charge in [-0.05, 0) is 23.8 Å². The Bertz CT molecular complexity index is 869. The summed E-state index contributed by atoms with van der Waals surface area (Å²) < 4.78 is 10.7. The van der Waals surface area contributed by atoms with Crippen LogP contribution in [0.3, 0.4) is 0 Å². The zero-order valence-electron chi connectivity index (χ0n) is 15.7. The standard InChI is InChI=1S/C19H26N4O3/c1-18(2)8-19(10-24)9-23(7-15(18)19)17-21-12-6-14(26-4)13(25-3)5-11(12)16(20)22-17/h5-6,15,24H,7-10H2,1-4H3,(H2,20,21,22)/t15-,19-/m1/s1. The SMILES string of the molecule is COc1cc2nc(N3C[C@@H]4C(C)(C)C[C@]4(CO)C3)nc(N)c2cc1OC. The van der Waals surface area contributed by atoms with Crippen LogP contribution in [0.15, 0.2) is 12.1 Å². The number of nitrogens with two attached hydrogens (primary N) is 1. The van der Waals surface area contributed by atoms with Crippen molar-refractivity contribution in [1.29, 1.82) is 0 Å². The number of benzene rings is 1. The molecule has 0 spiro atoms. The van der Waals surface area contributed by atoms with Crippen LogP contribution in [-0.2, 0) is 0 Å². The molecular formula is C19H26N4O3. The van der Waals surface area contributed by atoms with Gasteiger partial charge in [0.25, 0.3) is 0 Å². The first-order valence-electron chi connectivity index (χ1n) is 8.88. The Morgan fingerprint density at radius 1 is 1.23 bits per heavy atom. The Morgan fingerprint density at radius 2 is 1.92 bits per heavy atom. The minimum Gasteiger partial charge on any atom is -0.493 e. The van der Waals surface area contributed by atoms with Gasteiger partial charge in [0.1, 0.15) is 5.82 Å². The number of methoxy groups -OCH3 is 2. The van der Waals surface area contributed by atoms with Gasteiger partial charge in [0.05, 0.1) is 26.3 Å². The highest BCUT2D eigenvalue weighted by Crippen LogP contribution is 2.62. The molecule has 4 rings (SSSR count). The number of nitrogens with zero attached hydrogens (tertiary/aromatic N) is 3. The highest BCUT2D eigenvalue weighted by atomic mass is 16.5. The summed E-state index contributed by atoms with van der Waals surface area (Å²) in [5, 5.41) is 10.7. The first-order valence-corrected chi connectivity index (χ1v) is 8.88. The minimum absolute atomic E-state index is 0.0474. The van der Waals surface area contributed by atoms with E-state index < -0.39 is 0 Å². The summed E-state index contributed by atoms with van der Waals surface area (Å²) in [7, 11) is 3.19. The molecule has 2 atom stereocenters. The maximum atomic E-state index is 9.97. The average Bonchev–Trinajstić information content (AvgIpc) is 2.96. The number of hydrogen-bond donors (Lipinski definition) is 2. The van der Waals surface area contributed by atoms with Crippen molar-refractivity contribution in [3.8, 4) is 11.5 Å². The van der Waals surface area contributed by atoms with Crippen molar-refractivity contribution in [3.05, 3.63) is 12.1 Å². The number of ether oxygens (including phenoxy) is 2. The van der Waals surface area contributed by atoms with Crippen molar-refractivity contribution in [2.75, 3.05) is 44.5 Å². The van der Waals surface area contributed by atoms with Gasteiger partial charge in [-0.25, -0.2) is 4.98 Å². The third kappa shape index (κ3) is 2.30. The van der Waals surface area contributed by atoms with E-state index in [0.29, 0.717) is 29.2 Å². The van der Waals surface area contributed by atoms with E-state index in [0.717, 1.165) is 30.4 Å². The number of nitrogen functional groups attached to an aromatic ring is 1. The normalized spacial score (nSPS) is 26.5. The average molecular weight is 358 g/mol. The Labute approximate surface area is 153 Å². The van der Waals surface area contributed by atoms with E-state index in [4.69, 9.17) is 20.2 Å². The molecule has 26 heavy (non-hydrogen) atoms. The number of fused-ring (bicyclic) bond motifs is 2. The second-order valence-electron chi connectivity index (χ2n) is 8.25. The molecule has 2 aliphatic rings. The number of aromatic nitrogens is 2. The topological polar surface area (TPSA) is 93.7 Å². The third-order valence-corrected chi connectivity index (χ3v) is 6.22. The lowest BCUT2D eigenvalue weighted by molar-refractivity contribution is -0.0974. The highest BCUT2D eigenvalue weighted by Gasteiger charge is 2.62. The fourth-order valence-electron chi connectivity index (χ4n) is 5.10. The van der Waals surface area contributed by atoms with Crippen LogP contribution in [0, 0.1) is 16.7 Å². The van der Waals surface area contributed by atoms with Crippen LogP contribution in [0.1, 0.15) is 20.3 Å². The van der Waals surface area contributed by atoms with E-state index in [1.54, 1.807) is 20.3 Å². The highest BCUT2D eigenvalue weighted by molar-refractivity contribution is 5.91. The molecule has 2 aromatic rings. The molecule has 2 fully saturated rings. The molecule has 1 saturated heterocycles. The van der Waals surface area contributed by atoms with Crippen LogP contribution in [-0.4, -0.2) is 49.0 Å². The van der Waals surface area contributed by atoms with Gasteiger partial charge in [-0.2, -0.15) is 4.98 Å². The van der Waals surface area contributed by atoms with E-state index in [2.05, 4.69) is 23.7 Å². The summed E-state index contributed by atoms with van der Waals surface area (Å²) in [4.78, 5) is 11.4. The van der Waals surface area contributed by atoms with Gasteiger partial charge in [-0.3, -0.25) is 0 Å². The lowest BCUT2D eigenvalue weighted by Crippen LogP contribution is -2.54. The molecule has 1 aliphatic heterocycles. The molecule has 0 unspecified atom stereocenters. The Hall–Kier alpha value is -2.28. The molecule has 1 saturated carbocycles. The van der Waals surface area contributed by atoms with Crippen LogP contribution in [0.4, 0.5) is 11.8 Å². The fourth-order valence-corrected chi connectivity index (χ4v) is 5.10. The van der Waals surface area contributed by atoms with Gasteiger partial charge >= 0.3 is 0 Å². The minimum atomic E-state index is -0.0474. The van der Waals surface area contributed by atoms with E-state index >= 15 is 0 Å². The quantitative estimate of drug-likeness (QED) is 0.864. The number of rotatable bonds is 4. The predicted molar refractivity (Wildman–Crippen MR) is 101 cm³/mol. The number of hydrogen-bond acceptors (Lipinski definition) is 7. The van der Waals surface area contributed by atoms with Gasteiger partial charge in [0.2, 0.25) is 5.95 Å². The molecule has 7 heteroatoms. The van der Waals surface area contributed by atoms with Gasteiger partial charge in [-0.15, -0.1) is 0 Å². The smallest absolute Gasteiger partial charge is 0.227 e. The van der Waals surface area contributed by atoms with E-state index in [9.17, 15) is 5.11 Å². The lowest BCUT2D eigenvalue weighted by Gasteiger charge is -2.55. The van der Waals surface area contributed by atoms with E-state index in [-0.39, 0.29) is 17.4 Å². The largest absolute Gasteiger partial charge is 0.493 e. The van der Waals surface area contributed by atoms with Crippen LogP contribution in [0.5, 0.6) is 11.5 Å². The molecule has 1 aliphatic carbocycles. The molecule has 0 bridgehead atoms. The number of aliphatic hydroxyl groups excluding tert-OH is 1. The second-order valence-corrected chi connectivity index (χ2v) is 8.25. The summed E-state index contributed by atoms with van der Waals surface area (Å²) in [6.07, 6.45) is 1.02. The van der Waals surface area contributed by atoms with Crippen LogP contribution in [0.25, 0.3) is 10.9 Å². The zero-order chi connectivity index (χ0) is 18.7. The maximum absolute atomic E-state index is 9.97. The number of anilines is 2. The predicted octanol–water partition coefficient (Wildman–Crippen LogP) is 2.07. The molecule has 7 nitrogen and oxygen atoms in total. The second kappa shape index (κ2) is 5.61. The first kappa shape index (κ1) is 17.1. The van der Waals surface area contributed by atoms with Crippen LogP contribution in [0.2, 0.25) is 0 Å². The number of aliphatic hydroxyl groups is 1.